The van der Waals surface area contributed by atoms with E-state index in [4.69, 9.17) is 15.5 Å². The Kier molecular flexibility index (Phi) is 8.29. The van der Waals surface area contributed by atoms with Gasteiger partial charge in [-0.1, -0.05) is 12.8 Å². The summed E-state index contributed by atoms with van der Waals surface area (Å²) in [5, 5.41) is 6.13. The first-order valence-electron chi connectivity index (χ1n) is 11.2. The highest BCUT2D eigenvalue weighted by Gasteiger charge is 2.25. The van der Waals surface area contributed by atoms with Gasteiger partial charge in [0.05, 0.1) is 18.8 Å². The number of hydrogen-bond donors (Lipinski definition) is 4. The molecular formula is C23H35N7O3. The summed E-state index contributed by atoms with van der Waals surface area (Å²) in [4.78, 5) is 36.8. The van der Waals surface area contributed by atoms with Crippen molar-refractivity contribution in [3.05, 3.63) is 30.2 Å². The van der Waals surface area contributed by atoms with Crippen molar-refractivity contribution in [1.29, 1.82) is 0 Å². The number of nitrogens with zero attached hydrogens (tertiary/aromatic N) is 3. The molecule has 0 radical (unpaired) electrons. The van der Waals surface area contributed by atoms with Crippen molar-refractivity contribution in [2.45, 2.75) is 37.8 Å². The quantitative estimate of drug-likeness (QED) is 0.543. The molecular weight excluding hydrogens is 422 g/mol. The zero-order valence-corrected chi connectivity index (χ0v) is 19.9. The zero-order valence-electron chi connectivity index (χ0n) is 19.9. The molecule has 0 fully saturated rings. The second kappa shape index (κ2) is 11.2. The Morgan fingerprint density at radius 1 is 1.21 bits per heavy atom. The van der Waals surface area contributed by atoms with E-state index in [-0.39, 0.29) is 11.9 Å². The average molecular weight is 458 g/mol. The number of imidazole rings is 1. The van der Waals surface area contributed by atoms with E-state index in [2.05, 4.69) is 20.5 Å². The second-order valence-corrected chi connectivity index (χ2v) is 8.70. The van der Waals surface area contributed by atoms with Crippen LogP contribution in [0, 0.1) is 0 Å². The van der Waals surface area contributed by atoms with E-state index >= 15 is 0 Å². The van der Waals surface area contributed by atoms with Gasteiger partial charge in [0.1, 0.15) is 11.9 Å². The SMILES string of the molecule is COC(=O)Nc1ccc2c(c1)N[C@@H](C(=O)N(C)CCN(C)C)CCCC[C@H](N)c1nc-2c[nH]1. The van der Waals surface area contributed by atoms with Crippen LogP contribution in [-0.2, 0) is 9.53 Å². The fraction of sp³-hybridized carbons (Fsp3) is 0.522. The van der Waals surface area contributed by atoms with Crippen molar-refractivity contribution in [3.63, 3.8) is 0 Å². The summed E-state index contributed by atoms with van der Waals surface area (Å²) < 4.78 is 4.72. The second-order valence-electron chi connectivity index (χ2n) is 8.70. The van der Waals surface area contributed by atoms with Gasteiger partial charge in [-0.25, -0.2) is 9.78 Å². The fourth-order valence-electron chi connectivity index (χ4n) is 3.82. The van der Waals surface area contributed by atoms with Crippen LogP contribution in [0.15, 0.2) is 24.4 Å². The van der Waals surface area contributed by atoms with Gasteiger partial charge in [-0.2, -0.15) is 0 Å². The van der Waals surface area contributed by atoms with Crippen LogP contribution in [0.3, 0.4) is 0 Å². The number of methoxy groups -OCH3 is 1. The summed E-state index contributed by atoms with van der Waals surface area (Å²) >= 11 is 0. The van der Waals surface area contributed by atoms with E-state index in [1.54, 1.807) is 17.0 Å². The summed E-state index contributed by atoms with van der Waals surface area (Å²) in [7, 11) is 7.11. The van der Waals surface area contributed by atoms with Gasteiger partial charge >= 0.3 is 6.09 Å². The molecule has 0 saturated heterocycles. The number of nitrogens with one attached hydrogen (secondary N) is 3. The minimum absolute atomic E-state index is 0.0261. The van der Waals surface area contributed by atoms with E-state index in [0.29, 0.717) is 24.3 Å². The van der Waals surface area contributed by atoms with Crippen LogP contribution in [0.25, 0.3) is 11.3 Å². The molecule has 10 heteroatoms. The van der Waals surface area contributed by atoms with Crippen LogP contribution < -0.4 is 16.4 Å². The molecule has 2 aromatic rings. The number of likely N-dealkylation sites (N-methyl/N-ethyl adjacent to an activating group) is 2. The molecule has 5 N–H and O–H groups in total. The molecule has 1 aromatic heterocycles. The number of amides is 2. The number of ether oxygens (including phenoxy) is 1. The molecule has 2 amide bonds. The lowest BCUT2D eigenvalue weighted by Gasteiger charge is -2.27. The summed E-state index contributed by atoms with van der Waals surface area (Å²) in [5.74, 6) is 0.766. The number of rotatable bonds is 5. The van der Waals surface area contributed by atoms with Crippen molar-refractivity contribution in [1.82, 2.24) is 19.8 Å². The molecule has 2 heterocycles. The number of H-pyrrole nitrogens is 1. The van der Waals surface area contributed by atoms with E-state index in [1.807, 2.05) is 33.4 Å². The number of aromatic nitrogens is 2. The van der Waals surface area contributed by atoms with Crippen molar-refractivity contribution >= 4 is 23.4 Å². The molecule has 1 aromatic carbocycles. The number of carbonyl (C=O) groups is 2. The van der Waals surface area contributed by atoms with Crippen molar-refractivity contribution < 1.29 is 14.3 Å². The Morgan fingerprint density at radius 3 is 2.70 bits per heavy atom. The maximum atomic E-state index is 13.3. The molecule has 180 valence electrons. The lowest BCUT2D eigenvalue weighted by molar-refractivity contribution is -0.131. The van der Waals surface area contributed by atoms with Crippen LogP contribution in [0.4, 0.5) is 16.2 Å². The molecule has 0 saturated carbocycles. The van der Waals surface area contributed by atoms with Gasteiger partial charge in [-0.15, -0.1) is 0 Å². The molecule has 1 aliphatic heterocycles. The summed E-state index contributed by atoms with van der Waals surface area (Å²) in [6.45, 7) is 1.41. The molecule has 0 aliphatic carbocycles. The third-order valence-electron chi connectivity index (χ3n) is 5.82. The van der Waals surface area contributed by atoms with Crippen molar-refractivity contribution in [3.8, 4) is 11.3 Å². The molecule has 3 rings (SSSR count). The smallest absolute Gasteiger partial charge is 0.411 e. The number of fused-ring (bicyclic) bond motifs is 4. The van der Waals surface area contributed by atoms with Crippen LogP contribution in [0.2, 0.25) is 0 Å². The number of aromatic amines is 1. The number of nitrogens with two attached hydrogens (primary N) is 1. The molecule has 0 unspecified atom stereocenters. The number of benzene rings is 1. The Labute approximate surface area is 194 Å². The Bertz CT molecular complexity index is 959. The van der Waals surface area contributed by atoms with Crippen molar-refractivity contribution in [2.24, 2.45) is 5.73 Å². The molecule has 2 bridgehead atoms. The van der Waals surface area contributed by atoms with Crippen LogP contribution in [0.1, 0.15) is 37.5 Å². The van der Waals surface area contributed by atoms with Gasteiger partial charge in [-0.3, -0.25) is 10.1 Å². The topological polar surface area (TPSA) is 129 Å². The summed E-state index contributed by atoms with van der Waals surface area (Å²) in [6.07, 6.45) is 4.46. The highest BCUT2D eigenvalue weighted by molar-refractivity contribution is 5.90. The van der Waals surface area contributed by atoms with Gasteiger partial charge < -0.3 is 30.6 Å². The number of hydrogen-bond acceptors (Lipinski definition) is 7. The van der Waals surface area contributed by atoms with Crippen LogP contribution >= 0.6 is 0 Å². The predicted molar refractivity (Wildman–Crippen MR) is 129 cm³/mol. The van der Waals surface area contributed by atoms with Gasteiger partial charge in [0.2, 0.25) is 5.91 Å². The van der Waals surface area contributed by atoms with Gasteiger partial charge in [-0.05, 0) is 45.1 Å². The minimum Gasteiger partial charge on any atom is -0.453 e. The summed E-state index contributed by atoms with van der Waals surface area (Å²) in [5.41, 5.74) is 9.13. The first-order chi connectivity index (χ1) is 15.8. The minimum atomic E-state index is -0.563. The molecule has 2 atom stereocenters. The number of carbonyl (C=O) groups excluding carboxylic acids is 2. The van der Waals surface area contributed by atoms with E-state index in [9.17, 15) is 9.59 Å². The van der Waals surface area contributed by atoms with Crippen LogP contribution in [-0.4, -0.2) is 79.2 Å². The highest BCUT2D eigenvalue weighted by atomic mass is 16.5. The lowest BCUT2D eigenvalue weighted by atomic mass is 10.0. The van der Waals surface area contributed by atoms with E-state index in [0.717, 1.165) is 42.9 Å². The largest absolute Gasteiger partial charge is 0.453 e. The Morgan fingerprint density at radius 2 is 1.97 bits per heavy atom. The monoisotopic (exact) mass is 457 g/mol. The van der Waals surface area contributed by atoms with Gasteiger partial charge in [0, 0.05) is 43.3 Å². The Balaban J connectivity index is 1.96. The highest BCUT2D eigenvalue weighted by Crippen LogP contribution is 2.32. The third kappa shape index (κ3) is 6.45. The standard InChI is InChI=1S/C23H35N7O3/c1-29(2)11-12-30(3)22(31)18-8-6-5-7-17(24)21-25-14-20(28-21)16-10-9-15(13-19(16)27-18)26-23(32)33-4/h9-10,13-14,17-18,27H,5-8,11-12,24H2,1-4H3,(H,25,28)(H,26,32)/t17-,18+/m0/s1. The average Bonchev–Trinajstić information content (AvgIpc) is 3.28. The zero-order chi connectivity index (χ0) is 24.0. The Hall–Kier alpha value is -3.11. The third-order valence-corrected chi connectivity index (χ3v) is 5.82. The fourth-order valence-corrected chi connectivity index (χ4v) is 3.82. The molecule has 0 spiro atoms. The van der Waals surface area contributed by atoms with Gasteiger partial charge in [0.15, 0.2) is 0 Å². The predicted octanol–water partition coefficient (Wildman–Crippen LogP) is 2.63. The first kappa shape index (κ1) is 24.5. The summed E-state index contributed by atoms with van der Waals surface area (Å²) in [6, 6.07) is 4.83. The van der Waals surface area contributed by atoms with Crippen molar-refractivity contribution in [2.75, 3.05) is 52.0 Å². The normalized spacial score (nSPS) is 18.4. The van der Waals surface area contributed by atoms with Crippen LogP contribution in [0.5, 0.6) is 0 Å². The molecule has 1 aliphatic rings. The first-order valence-corrected chi connectivity index (χ1v) is 11.2. The van der Waals surface area contributed by atoms with E-state index in [1.165, 1.54) is 7.11 Å². The number of anilines is 2. The lowest BCUT2D eigenvalue weighted by Crippen LogP contribution is -2.43. The van der Waals surface area contributed by atoms with Gasteiger partial charge in [0.25, 0.3) is 0 Å². The van der Waals surface area contributed by atoms with E-state index < -0.39 is 12.1 Å². The molecule has 33 heavy (non-hydrogen) atoms. The maximum absolute atomic E-state index is 13.3. The molecule has 10 nitrogen and oxygen atoms in total. The maximum Gasteiger partial charge on any atom is 0.411 e.